The highest BCUT2D eigenvalue weighted by atomic mass is 32.2. The van der Waals surface area contributed by atoms with Gasteiger partial charge in [-0.15, -0.1) is 11.8 Å². The van der Waals surface area contributed by atoms with Gasteiger partial charge in [0.2, 0.25) is 0 Å². The van der Waals surface area contributed by atoms with E-state index in [4.69, 9.17) is 4.74 Å². The molecule has 0 amide bonds. The van der Waals surface area contributed by atoms with Crippen LogP contribution >= 0.6 is 11.8 Å². The number of rotatable bonds is 4. The Morgan fingerprint density at radius 2 is 2.23 bits per heavy atom. The lowest BCUT2D eigenvalue weighted by Crippen LogP contribution is -2.62. The Bertz CT molecular complexity index is 662. The van der Waals surface area contributed by atoms with Gasteiger partial charge in [0.15, 0.2) is 5.82 Å². The number of thioether (sulfide) groups is 1. The summed E-state index contributed by atoms with van der Waals surface area (Å²) in [5.74, 6) is 0.257. The Hall–Kier alpha value is -0.900. The van der Waals surface area contributed by atoms with E-state index in [2.05, 4.69) is 4.98 Å². The van der Waals surface area contributed by atoms with E-state index in [1.165, 1.54) is 41.0 Å². The lowest BCUT2D eigenvalue weighted by molar-refractivity contribution is 0.147. The molecular formula is C13H18FN3O3S2. The third-order valence-electron chi connectivity index (χ3n) is 3.89. The standard InChI is InChI=1S/C13H18FN3O3S2/c1-16(2)22(18,19)17-8-13(9-17)6-10(7-21-13)20-12-11(14)4-3-5-15-12/h3-5,10H,6-9H2,1-2H3. The van der Waals surface area contributed by atoms with Crippen LogP contribution < -0.4 is 4.74 Å². The number of ether oxygens (including phenoxy) is 1. The molecule has 122 valence electrons. The predicted molar refractivity (Wildman–Crippen MR) is 82.6 cm³/mol. The van der Waals surface area contributed by atoms with Crippen molar-refractivity contribution in [2.45, 2.75) is 17.3 Å². The summed E-state index contributed by atoms with van der Waals surface area (Å²) in [6, 6.07) is 2.83. The van der Waals surface area contributed by atoms with E-state index in [0.717, 1.165) is 0 Å². The van der Waals surface area contributed by atoms with Crippen LogP contribution in [0.5, 0.6) is 5.88 Å². The SMILES string of the molecule is CN(C)S(=O)(=O)N1CC2(CC(Oc3ncccc3F)CS2)C1. The Balaban J connectivity index is 1.59. The summed E-state index contributed by atoms with van der Waals surface area (Å²) in [5, 5.41) is 0. The Morgan fingerprint density at radius 1 is 1.50 bits per heavy atom. The molecule has 1 unspecified atom stereocenters. The van der Waals surface area contributed by atoms with E-state index < -0.39 is 16.0 Å². The summed E-state index contributed by atoms with van der Waals surface area (Å²) in [4.78, 5) is 3.89. The van der Waals surface area contributed by atoms with Crippen LogP contribution in [0, 0.1) is 5.82 Å². The lowest BCUT2D eigenvalue weighted by Gasteiger charge is -2.46. The molecule has 2 aliphatic heterocycles. The van der Waals surface area contributed by atoms with Gasteiger partial charge in [-0.1, -0.05) is 0 Å². The molecule has 0 aliphatic carbocycles. The first-order valence-electron chi connectivity index (χ1n) is 6.91. The molecule has 1 spiro atoms. The molecule has 2 saturated heterocycles. The maximum absolute atomic E-state index is 13.6. The van der Waals surface area contributed by atoms with Crippen molar-refractivity contribution < 1.29 is 17.5 Å². The fraction of sp³-hybridized carbons (Fsp3) is 0.615. The zero-order chi connectivity index (χ0) is 16.0. The summed E-state index contributed by atoms with van der Waals surface area (Å²) in [5.41, 5.74) is 0. The highest BCUT2D eigenvalue weighted by molar-refractivity contribution is 8.01. The fourth-order valence-corrected chi connectivity index (χ4v) is 5.67. The molecule has 0 N–H and O–H groups in total. The van der Waals surface area contributed by atoms with Gasteiger partial charge < -0.3 is 4.74 Å². The average Bonchev–Trinajstić information content (AvgIpc) is 2.84. The molecular weight excluding hydrogens is 329 g/mol. The minimum atomic E-state index is -3.35. The number of nitrogens with zero attached hydrogens (tertiary/aromatic N) is 3. The number of halogens is 1. The van der Waals surface area contributed by atoms with Crippen LogP contribution in [0.2, 0.25) is 0 Å². The first-order valence-corrected chi connectivity index (χ1v) is 9.29. The van der Waals surface area contributed by atoms with Gasteiger partial charge in [-0.05, 0) is 12.1 Å². The van der Waals surface area contributed by atoms with Crippen molar-refractivity contribution in [2.24, 2.45) is 0 Å². The molecule has 3 heterocycles. The molecule has 1 aromatic heterocycles. The van der Waals surface area contributed by atoms with E-state index in [9.17, 15) is 12.8 Å². The smallest absolute Gasteiger partial charge is 0.281 e. The van der Waals surface area contributed by atoms with Gasteiger partial charge >= 0.3 is 0 Å². The lowest BCUT2D eigenvalue weighted by atomic mass is 9.95. The molecule has 0 bridgehead atoms. The van der Waals surface area contributed by atoms with Crippen LogP contribution in [-0.2, 0) is 10.2 Å². The van der Waals surface area contributed by atoms with Crippen molar-refractivity contribution in [1.82, 2.24) is 13.6 Å². The molecule has 1 atom stereocenters. The van der Waals surface area contributed by atoms with Crippen molar-refractivity contribution in [2.75, 3.05) is 32.9 Å². The molecule has 0 saturated carbocycles. The van der Waals surface area contributed by atoms with Gasteiger partial charge in [0.25, 0.3) is 16.1 Å². The van der Waals surface area contributed by atoms with Crippen LogP contribution in [-0.4, -0.2) is 65.8 Å². The summed E-state index contributed by atoms with van der Waals surface area (Å²) < 4.78 is 45.8. The molecule has 1 aromatic rings. The van der Waals surface area contributed by atoms with Gasteiger partial charge in [-0.25, -0.2) is 9.37 Å². The zero-order valence-corrected chi connectivity index (χ0v) is 14.0. The molecule has 0 radical (unpaired) electrons. The van der Waals surface area contributed by atoms with Crippen molar-refractivity contribution in [3.8, 4) is 5.88 Å². The third kappa shape index (κ3) is 2.82. The molecule has 9 heteroatoms. The Labute approximate surface area is 133 Å². The van der Waals surface area contributed by atoms with E-state index in [-0.39, 0.29) is 16.7 Å². The van der Waals surface area contributed by atoms with E-state index in [0.29, 0.717) is 25.3 Å². The van der Waals surface area contributed by atoms with Crippen molar-refractivity contribution >= 4 is 22.0 Å². The Morgan fingerprint density at radius 3 is 2.86 bits per heavy atom. The van der Waals surface area contributed by atoms with Crippen LogP contribution in [0.15, 0.2) is 18.3 Å². The number of hydrogen-bond acceptors (Lipinski definition) is 5. The van der Waals surface area contributed by atoms with Crippen molar-refractivity contribution in [3.63, 3.8) is 0 Å². The van der Waals surface area contributed by atoms with Gasteiger partial charge in [0.05, 0.1) is 0 Å². The van der Waals surface area contributed by atoms with Gasteiger partial charge in [-0.2, -0.15) is 17.0 Å². The highest BCUT2D eigenvalue weighted by Crippen LogP contribution is 2.47. The monoisotopic (exact) mass is 347 g/mol. The maximum Gasteiger partial charge on any atom is 0.281 e. The zero-order valence-electron chi connectivity index (χ0n) is 12.4. The van der Waals surface area contributed by atoms with Crippen LogP contribution in [0.4, 0.5) is 4.39 Å². The normalized spacial score (nSPS) is 24.6. The minimum Gasteiger partial charge on any atom is -0.471 e. The summed E-state index contributed by atoms with van der Waals surface area (Å²) in [7, 11) is -0.295. The van der Waals surface area contributed by atoms with Gasteiger partial charge in [0, 0.05) is 50.3 Å². The van der Waals surface area contributed by atoms with Crippen LogP contribution in [0.3, 0.4) is 0 Å². The molecule has 2 aliphatic rings. The van der Waals surface area contributed by atoms with Crippen LogP contribution in [0.1, 0.15) is 6.42 Å². The Kier molecular flexibility index (Phi) is 4.09. The summed E-state index contributed by atoms with van der Waals surface area (Å²) in [6.07, 6.45) is 2.05. The molecule has 2 fully saturated rings. The second kappa shape index (κ2) is 5.63. The maximum atomic E-state index is 13.6. The summed E-state index contributed by atoms with van der Waals surface area (Å²) >= 11 is 1.70. The third-order valence-corrected chi connectivity index (χ3v) is 7.30. The number of hydrogen-bond donors (Lipinski definition) is 0. The second-order valence-electron chi connectivity index (χ2n) is 5.79. The topological polar surface area (TPSA) is 62.7 Å². The fourth-order valence-electron chi connectivity index (χ4n) is 2.70. The number of pyridine rings is 1. The first-order chi connectivity index (χ1) is 10.3. The van der Waals surface area contributed by atoms with E-state index >= 15 is 0 Å². The summed E-state index contributed by atoms with van der Waals surface area (Å²) in [6.45, 7) is 0.950. The molecule has 3 rings (SSSR count). The van der Waals surface area contributed by atoms with Crippen molar-refractivity contribution in [1.29, 1.82) is 0 Å². The minimum absolute atomic E-state index is 0.0160. The first kappa shape index (κ1) is 16.0. The van der Waals surface area contributed by atoms with Crippen molar-refractivity contribution in [3.05, 3.63) is 24.1 Å². The molecule has 6 nitrogen and oxygen atoms in total. The molecule has 22 heavy (non-hydrogen) atoms. The largest absolute Gasteiger partial charge is 0.471 e. The second-order valence-corrected chi connectivity index (χ2v) is 9.42. The van der Waals surface area contributed by atoms with Crippen LogP contribution in [0.25, 0.3) is 0 Å². The van der Waals surface area contributed by atoms with Gasteiger partial charge in [-0.3, -0.25) is 0 Å². The number of aromatic nitrogens is 1. The van der Waals surface area contributed by atoms with E-state index in [1.807, 2.05) is 0 Å². The molecule has 0 aromatic carbocycles. The van der Waals surface area contributed by atoms with E-state index in [1.54, 1.807) is 11.8 Å². The van der Waals surface area contributed by atoms with Gasteiger partial charge in [0.1, 0.15) is 6.10 Å². The predicted octanol–water partition coefficient (Wildman–Crippen LogP) is 0.966. The highest BCUT2D eigenvalue weighted by Gasteiger charge is 2.53. The quantitative estimate of drug-likeness (QED) is 0.812. The average molecular weight is 347 g/mol.